The average Bonchev–Trinajstić information content (AvgIpc) is 2.86. The molecule has 0 fully saturated rings. The second-order valence-electron chi connectivity index (χ2n) is 5.10. The van der Waals surface area contributed by atoms with E-state index in [-0.39, 0.29) is 14.7 Å². The Balaban J connectivity index is 2.15. The standard InChI is InChI=1S/C14H17ClN2O2S2/c1-9(2)11-4-6-12(7-5-11)10(3)17-21(18,19)13-8-16-14(15)20-13/h4-10,17H,1-3H3. The Morgan fingerprint density at radius 2 is 1.71 bits per heavy atom. The van der Waals surface area contributed by atoms with Crippen LogP contribution in [0.3, 0.4) is 0 Å². The Labute approximate surface area is 134 Å². The molecule has 0 spiro atoms. The first-order valence-electron chi connectivity index (χ1n) is 6.53. The molecule has 1 atom stereocenters. The van der Waals surface area contributed by atoms with Crippen LogP contribution in [0.15, 0.2) is 34.7 Å². The highest BCUT2D eigenvalue weighted by Gasteiger charge is 2.21. The molecule has 114 valence electrons. The molecular formula is C14H17ClN2O2S2. The van der Waals surface area contributed by atoms with Gasteiger partial charge in [-0.05, 0) is 24.0 Å². The number of sulfonamides is 1. The van der Waals surface area contributed by atoms with Crippen molar-refractivity contribution >= 4 is 33.0 Å². The van der Waals surface area contributed by atoms with Crippen LogP contribution in [0.5, 0.6) is 0 Å². The van der Waals surface area contributed by atoms with E-state index in [4.69, 9.17) is 11.6 Å². The highest BCUT2D eigenvalue weighted by Crippen LogP contribution is 2.25. The number of thiazole rings is 1. The molecular weight excluding hydrogens is 328 g/mol. The van der Waals surface area contributed by atoms with Gasteiger partial charge in [0.1, 0.15) is 0 Å². The first-order valence-corrected chi connectivity index (χ1v) is 9.21. The largest absolute Gasteiger partial charge is 0.252 e. The van der Waals surface area contributed by atoms with Crippen LogP contribution in [0.1, 0.15) is 43.9 Å². The molecule has 1 N–H and O–H groups in total. The fourth-order valence-corrected chi connectivity index (χ4v) is 4.43. The van der Waals surface area contributed by atoms with Crippen molar-refractivity contribution in [3.05, 3.63) is 46.1 Å². The minimum Gasteiger partial charge on any atom is -0.232 e. The summed E-state index contributed by atoms with van der Waals surface area (Å²) in [6, 6.07) is 7.62. The van der Waals surface area contributed by atoms with Gasteiger partial charge in [0, 0.05) is 6.04 Å². The maximum atomic E-state index is 12.2. The lowest BCUT2D eigenvalue weighted by atomic mass is 10.00. The molecule has 1 unspecified atom stereocenters. The zero-order valence-corrected chi connectivity index (χ0v) is 14.4. The van der Waals surface area contributed by atoms with Crippen molar-refractivity contribution in [2.24, 2.45) is 0 Å². The van der Waals surface area contributed by atoms with Crippen molar-refractivity contribution in [1.29, 1.82) is 0 Å². The predicted molar refractivity (Wildman–Crippen MR) is 86.4 cm³/mol. The normalized spacial score (nSPS) is 13.6. The summed E-state index contributed by atoms with van der Waals surface area (Å²) >= 11 is 6.62. The van der Waals surface area contributed by atoms with Crippen molar-refractivity contribution in [2.45, 2.75) is 36.9 Å². The first-order chi connectivity index (χ1) is 9.79. The molecule has 0 aliphatic carbocycles. The molecule has 0 radical (unpaired) electrons. The van der Waals surface area contributed by atoms with Crippen molar-refractivity contribution < 1.29 is 8.42 Å². The second-order valence-corrected chi connectivity index (χ2v) is 8.65. The molecule has 1 aromatic carbocycles. The summed E-state index contributed by atoms with van der Waals surface area (Å²) in [6.07, 6.45) is 1.27. The molecule has 21 heavy (non-hydrogen) atoms. The minimum atomic E-state index is -3.59. The molecule has 0 bridgehead atoms. The third-order valence-electron chi connectivity index (χ3n) is 3.16. The van der Waals surface area contributed by atoms with Gasteiger partial charge in [-0.2, -0.15) is 0 Å². The maximum absolute atomic E-state index is 12.2. The summed E-state index contributed by atoms with van der Waals surface area (Å²) in [6.45, 7) is 6.05. The van der Waals surface area contributed by atoms with E-state index in [0.29, 0.717) is 5.92 Å². The predicted octanol–water partition coefficient (Wildman–Crippen LogP) is 3.96. The molecule has 0 aliphatic rings. The van der Waals surface area contributed by atoms with E-state index in [1.54, 1.807) is 0 Å². The summed E-state index contributed by atoms with van der Waals surface area (Å²) in [5, 5.41) is 0. The molecule has 1 heterocycles. The lowest BCUT2D eigenvalue weighted by molar-refractivity contribution is 0.569. The third kappa shape index (κ3) is 4.03. The molecule has 4 nitrogen and oxygen atoms in total. The van der Waals surface area contributed by atoms with Gasteiger partial charge in [0.25, 0.3) is 10.0 Å². The molecule has 1 aromatic heterocycles. The van der Waals surface area contributed by atoms with Gasteiger partial charge in [0.2, 0.25) is 0 Å². The van der Waals surface area contributed by atoms with E-state index < -0.39 is 10.0 Å². The van der Waals surface area contributed by atoms with Crippen LogP contribution in [-0.2, 0) is 10.0 Å². The summed E-state index contributed by atoms with van der Waals surface area (Å²) < 4.78 is 27.4. The highest BCUT2D eigenvalue weighted by molar-refractivity contribution is 7.91. The van der Waals surface area contributed by atoms with E-state index in [1.807, 2.05) is 31.2 Å². The first kappa shape index (κ1) is 16.4. The zero-order chi connectivity index (χ0) is 15.6. The Bertz CT molecular complexity index is 709. The Morgan fingerprint density at radius 3 is 2.19 bits per heavy atom. The van der Waals surface area contributed by atoms with Gasteiger partial charge in [0.15, 0.2) is 8.68 Å². The Kier molecular flexibility index (Phi) is 5.03. The quantitative estimate of drug-likeness (QED) is 0.893. The van der Waals surface area contributed by atoms with Crippen LogP contribution in [0.2, 0.25) is 4.47 Å². The van der Waals surface area contributed by atoms with Crippen molar-refractivity contribution in [2.75, 3.05) is 0 Å². The SMILES string of the molecule is CC(C)c1ccc(C(C)NS(=O)(=O)c2cnc(Cl)s2)cc1. The van der Waals surface area contributed by atoms with Crippen LogP contribution in [0, 0.1) is 0 Å². The van der Waals surface area contributed by atoms with Crippen molar-refractivity contribution in [3.63, 3.8) is 0 Å². The van der Waals surface area contributed by atoms with Crippen molar-refractivity contribution in [1.82, 2.24) is 9.71 Å². The van der Waals surface area contributed by atoms with Crippen LogP contribution in [0.4, 0.5) is 0 Å². The smallest absolute Gasteiger partial charge is 0.232 e. The molecule has 2 aromatic rings. The van der Waals surface area contributed by atoms with Crippen LogP contribution in [-0.4, -0.2) is 13.4 Å². The van der Waals surface area contributed by atoms with Gasteiger partial charge in [0.05, 0.1) is 6.20 Å². The molecule has 0 saturated carbocycles. The summed E-state index contributed by atoms with van der Waals surface area (Å²) in [5.74, 6) is 0.449. The van der Waals surface area contributed by atoms with E-state index in [0.717, 1.165) is 16.9 Å². The highest BCUT2D eigenvalue weighted by atomic mass is 35.5. The number of nitrogens with zero attached hydrogens (tertiary/aromatic N) is 1. The number of hydrogen-bond donors (Lipinski definition) is 1. The van der Waals surface area contributed by atoms with E-state index >= 15 is 0 Å². The molecule has 2 rings (SSSR count). The second kappa shape index (κ2) is 6.44. The van der Waals surface area contributed by atoms with Gasteiger partial charge in [-0.15, -0.1) is 0 Å². The third-order valence-corrected chi connectivity index (χ3v) is 6.27. The number of nitrogens with one attached hydrogen (secondary N) is 1. The lowest BCUT2D eigenvalue weighted by Gasteiger charge is -2.15. The molecule has 7 heteroatoms. The minimum absolute atomic E-state index is 0.123. The molecule has 0 amide bonds. The van der Waals surface area contributed by atoms with Crippen molar-refractivity contribution in [3.8, 4) is 0 Å². The monoisotopic (exact) mass is 344 g/mol. The van der Waals surface area contributed by atoms with Gasteiger partial charge in [-0.1, -0.05) is 61.1 Å². The van der Waals surface area contributed by atoms with E-state index in [9.17, 15) is 8.42 Å². The number of benzene rings is 1. The Hall–Kier alpha value is -0.950. The fourth-order valence-electron chi connectivity index (χ4n) is 1.89. The average molecular weight is 345 g/mol. The van der Waals surface area contributed by atoms with Gasteiger partial charge >= 0.3 is 0 Å². The Morgan fingerprint density at radius 1 is 1.14 bits per heavy atom. The topological polar surface area (TPSA) is 59.1 Å². The maximum Gasteiger partial charge on any atom is 0.252 e. The summed E-state index contributed by atoms with van der Waals surface area (Å²) in [4.78, 5) is 3.76. The number of aromatic nitrogens is 1. The molecule has 0 saturated heterocycles. The molecule has 0 aliphatic heterocycles. The van der Waals surface area contributed by atoms with E-state index in [1.165, 1.54) is 11.8 Å². The number of rotatable bonds is 5. The number of halogens is 1. The zero-order valence-electron chi connectivity index (χ0n) is 12.0. The van der Waals surface area contributed by atoms with Gasteiger partial charge in [-0.3, -0.25) is 0 Å². The fraction of sp³-hybridized carbons (Fsp3) is 0.357. The van der Waals surface area contributed by atoms with Crippen LogP contribution >= 0.6 is 22.9 Å². The van der Waals surface area contributed by atoms with E-state index in [2.05, 4.69) is 23.6 Å². The lowest BCUT2D eigenvalue weighted by Crippen LogP contribution is -2.26. The van der Waals surface area contributed by atoms with Gasteiger partial charge < -0.3 is 0 Å². The van der Waals surface area contributed by atoms with Crippen LogP contribution in [0.25, 0.3) is 0 Å². The van der Waals surface area contributed by atoms with Gasteiger partial charge in [-0.25, -0.2) is 18.1 Å². The number of hydrogen-bond acceptors (Lipinski definition) is 4. The summed E-state index contributed by atoms with van der Waals surface area (Å²) in [7, 11) is -3.59. The summed E-state index contributed by atoms with van der Waals surface area (Å²) in [5.41, 5.74) is 2.14. The van der Waals surface area contributed by atoms with Crippen LogP contribution < -0.4 is 4.72 Å².